The van der Waals surface area contributed by atoms with E-state index in [9.17, 15) is 19.2 Å². The maximum Gasteiger partial charge on any atom is 0.266 e. The summed E-state index contributed by atoms with van der Waals surface area (Å²) < 4.78 is 6.40. The van der Waals surface area contributed by atoms with E-state index >= 15 is 0 Å². The van der Waals surface area contributed by atoms with Crippen LogP contribution < -0.4 is 105 Å². The van der Waals surface area contributed by atoms with Gasteiger partial charge in [0.15, 0.2) is 0 Å². The Morgan fingerprint density at radius 3 is 0.989 bits per heavy atom. The second-order valence-corrected chi connectivity index (χ2v) is 29.8. The van der Waals surface area contributed by atoms with Crippen molar-refractivity contribution in [3.63, 3.8) is 0 Å². The molecule has 0 aromatic heterocycles. The van der Waals surface area contributed by atoms with E-state index in [1.165, 1.54) is 25.7 Å². The highest BCUT2D eigenvalue weighted by atomic mass is 127. The lowest BCUT2D eigenvalue weighted by Gasteiger charge is -2.28. The van der Waals surface area contributed by atoms with Gasteiger partial charge in [-0.2, -0.15) is 0 Å². The van der Waals surface area contributed by atoms with Crippen molar-refractivity contribution in [3.8, 4) is 11.5 Å². The Balaban J connectivity index is 0.00000400. The largest absolute Gasteiger partial charge is 1.00 e. The molecule has 91 heavy (non-hydrogen) atoms. The van der Waals surface area contributed by atoms with Gasteiger partial charge in [0.1, 0.15) is 68.5 Å². The summed E-state index contributed by atoms with van der Waals surface area (Å²) in [6, 6.07) is 106. The number of hydrogen-bond donors (Lipinski definition) is 0. The maximum absolute atomic E-state index is 14.5. The van der Waals surface area contributed by atoms with Gasteiger partial charge in [-0.25, -0.2) is 9.80 Å². The summed E-state index contributed by atoms with van der Waals surface area (Å²) >= 11 is 0. The quantitative estimate of drug-likeness (QED) is 0.0554. The van der Waals surface area contributed by atoms with Crippen LogP contribution in [0.2, 0.25) is 0 Å². The summed E-state index contributed by atoms with van der Waals surface area (Å²) in [6.45, 7) is 4.37. The van der Waals surface area contributed by atoms with Crippen LogP contribution in [0.5, 0.6) is 11.5 Å². The van der Waals surface area contributed by atoms with Gasteiger partial charge in [-0.15, -0.1) is 0 Å². The molecular weight excluding hydrogens is 1380 g/mol. The van der Waals surface area contributed by atoms with E-state index in [1.807, 2.05) is 97.1 Å². The van der Waals surface area contributed by atoms with E-state index in [0.29, 0.717) is 46.0 Å². The lowest BCUT2D eigenvalue weighted by molar-refractivity contribution is -0.001000. The fraction of sp³-hybridized carbons (Fsp3) is 0.0500. The molecule has 0 fully saturated rings. The van der Waals surface area contributed by atoms with Gasteiger partial charge >= 0.3 is 0 Å². The molecule has 0 saturated heterocycles. The van der Waals surface area contributed by atoms with Crippen LogP contribution in [-0.2, 0) is 11.8 Å². The van der Waals surface area contributed by atoms with Crippen molar-refractivity contribution in [1.29, 1.82) is 0 Å². The van der Waals surface area contributed by atoms with Crippen molar-refractivity contribution >= 4 is 92.0 Å². The first-order valence-electron chi connectivity index (χ1n) is 29.8. The average Bonchev–Trinajstić information content (AvgIpc) is 1.34. The number of carbonyl (C=O) groups excluding carboxylic acids is 4. The molecule has 0 bridgehead atoms. The van der Waals surface area contributed by atoms with E-state index in [-0.39, 0.29) is 76.7 Å². The van der Waals surface area contributed by atoms with Crippen LogP contribution in [-0.4, -0.2) is 23.6 Å². The van der Waals surface area contributed by atoms with Gasteiger partial charge < -0.3 is 52.7 Å². The van der Waals surface area contributed by atoms with Crippen molar-refractivity contribution in [1.82, 2.24) is 0 Å². The summed E-state index contributed by atoms with van der Waals surface area (Å²) in [5.74, 6) is -0.415. The zero-order chi connectivity index (χ0) is 60.7. The predicted molar refractivity (Wildman–Crippen MR) is 366 cm³/mol. The highest BCUT2D eigenvalue weighted by Crippen LogP contribution is 2.56. The molecule has 12 aromatic rings. The third-order valence-corrected chi connectivity index (χ3v) is 26.1. The lowest BCUT2D eigenvalue weighted by Crippen LogP contribution is -3.00. The summed E-state index contributed by atoms with van der Waals surface area (Å²) in [4.78, 5) is 60.2. The molecule has 444 valence electrons. The molecule has 2 heterocycles. The third kappa shape index (κ3) is 11.2. The normalized spacial score (nSPS) is 12.9. The van der Waals surface area contributed by atoms with Crippen LogP contribution in [0.25, 0.3) is 0 Å². The molecule has 0 unspecified atom stereocenters. The molecule has 0 radical (unpaired) electrons. The van der Waals surface area contributed by atoms with Crippen molar-refractivity contribution in [2.75, 3.05) is 9.80 Å². The molecule has 0 spiro atoms. The molecule has 0 saturated carbocycles. The van der Waals surface area contributed by atoms with E-state index < -0.39 is 20.4 Å². The van der Waals surface area contributed by atoms with Crippen LogP contribution in [0.1, 0.15) is 77.5 Å². The van der Waals surface area contributed by atoms with Gasteiger partial charge in [0.05, 0.1) is 33.6 Å². The van der Waals surface area contributed by atoms with Crippen molar-refractivity contribution in [2.24, 2.45) is 0 Å². The Hall–Kier alpha value is -8.96. The zero-order valence-corrected chi connectivity index (χ0v) is 55.9. The molecule has 7 nitrogen and oxygen atoms in total. The average molecular weight is 1450 g/mol. The van der Waals surface area contributed by atoms with Crippen LogP contribution in [0, 0.1) is 0 Å². The van der Waals surface area contributed by atoms with E-state index in [4.69, 9.17) is 4.74 Å². The number of fused-ring (bicyclic) bond motifs is 2. The fourth-order valence-corrected chi connectivity index (χ4v) is 21.6. The molecule has 2 aliphatic rings. The van der Waals surface area contributed by atoms with Gasteiger partial charge in [0.2, 0.25) is 0 Å². The molecule has 14 rings (SSSR count). The Bertz CT molecular complexity index is 4170. The van der Waals surface area contributed by atoms with Gasteiger partial charge in [-0.05, 0) is 168 Å². The summed E-state index contributed by atoms with van der Waals surface area (Å²) in [6.07, 6.45) is 0.572. The van der Waals surface area contributed by atoms with E-state index in [0.717, 1.165) is 48.8 Å². The van der Waals surface area contributed by atoms with Crippen molar-refractivity contribution in [2.45, 2.75) is 25.7 Å². The first-order valence-corrected chi connectivity index (χ1v) is 33.4. The highest BCUT2D eigenvalue weighted by molar-refractivity contribution is 8.02. The minimum absolute atomic E-state index is 0. The second kappa shape index (κ2) is 26.1. The Kier molecular flexibility index (Phi) is 17.9. The number of nitrogens with zero attached hydrogens (tertiary/aromatic N) is 2. The zero-order valence-electron chi connectivity index (χ0n) is 49.8. The first-order chi connectivity index (χ1) is 43.5. The molecule has 0 aliphatic carbocycles. The van der Waals surface area contributed by atoms with Gasteiger partial charge in [-0.3, -0.25) is 19.2 Å². The maximum atomic E-state index is 14.5. The summed E-state index contributed by atoms with van der Waals surface area (Å²) in [5, 5.41) is 9.09. The molecule has 2 aliphatic heterocycles. The molecule has 12 aromatic carbocycles. The minimum atomic E-state index is -2.50. The minimum Gasteiger partial charge on any atom is -1.00 e. The van der Waals surface area contributed by atoms with Crippen molar-refractivity contribution < 1.29 is 71.9 Å². The topological polar surface area (TPSA) is 84.0 Å². The Morgan fingerprint density at radius 1 is 0.297 bits per heavy atom. The monoisotopic (exact) mass is 1440 g/mol. The van der Waals surface area contributed by atoms with Crippen molar-refractivity contribution in [3.05, 3.63) is 360 Å². The SMILES string of the molecule is CC(C)(c1ccc(Cc2ccc3c(c2)C(=O)N(c2cccc([P+](c4ccccc4)(c4ccccc4)c4ccccc4)c2)C3=O)cc1)c1ccc(Oc2ccc3c(c2)C(=O)N(c2cccc([P+](c4ccccc4)(c4ccccc4)c4ccccc4)c2)C3=O)cc1.[I-].[I-]. The third-order valence-electron chi connectivity index (χ3n) is 17.5. The van der Waals surface area contributed by atoms with Gasteiger partial charge in [-0.1, -0.05) is 178 Å². The number of anilines is 2. The number of rotatable bonds is 16. The number of carbonyl (C=O) groups is 4. The first kappa shape index (κ1) is 62.2. The van der Waals surface area contributed by atoms with Crippen LogP contribution in [0.3, 0.4) is 0 Å². The summed E-state index contributed by atoms with van der Waals surface area (Å²) in [5.41, 5.74) is 6.27. The number of halogens is 2. The fourth-order valence-electron chi connectivity index (χ4n) is 13.0. The summed E-state index contributed by atoms with van der Waals surface area (Å²) in [7, 11) is -4.99. The van der Waals surface area contributed by atoms with Crippen LogP contribution >= 0.6 is 14.5 Å². The van der Waals surface area contributed by atoms with Gasteiger partial charge in [0.25, 0.3) is 23.6 Å². The molecule has 0 atom stereocenters. The Labute approximate surface area is 566 Å². The van der Waals surface area contributed by atoms with Crippen LogP contribution in [0.15, 0.2) is 315 Å². The highest BCUT2D eigenvalue weighted by Gasteiger charge is 2.50. The number of amides is 4. The Morgan fingerprint density at radius 2 is 0.604 bits per heavy atom. The van der Waals surface area contributed by atoms with Gasteiger partial charge in [0, 0.05) is 17.5 Å². The second-order valence-electron chi connectivity index (χ2n) is 23.0. The van der Waals surface area contributed by atoms with E-state index in [1.54, 1.807) is 24.3 Å². The predicted octanol–water partition coefficient (Wildman–Crippen LogP) is 8.24. The van der Waals surface area contributed by atoms with E-state index in [2.05, 4.69) is 208 Å². The molecule has 11 heteroatoms. The number of ether oxygens (including phenoxy) is 1. The molecule has 0 N–H and O–H groups in total. The number of imide groups is 2. The smallest absolute Gasteiger partial charge is 0.266 e. The standard InChI is InChI=1S/C80H60N2O5P2.2HI/c1-80(2,58-42-39-56(40-43-58)51-57-41-49-72-74(52-57)78(85)81(76(72)83)60-23-21-37-70(53-60)88(64-25-9-3-10-26-64,65-27-11-4-12-28-65)66-29-13-5-14-30-66)59-44-46-62(47-45-59)87-63-48-50-73-75(55-63)79(86)82(77(73)84)61-24-22-38-71(54-61)89(67-31-15-6-16-32-67,68-33-17-7-18-34-68)69-35-19-8-20-36-69;;/h3-50,52-55H,51H2,1-2H3;2*1H/q+2;;/p-2. The molecule has 4 amide bonds. The number of benzene rings is 12. The molecular formula is C80H60I2N2O5P2. The van der Waals surface area contributed by atoms with Crippen LogP contribution in [0.4, 0.5) is 11.4 Å². The number of hydrogen-bond acceptors (Lipinski definition) is 5. The lowest BCUT2D eigenvalue weighted by atomic mass is 9.78.